The van der Waals surface area contributed by atoms with Crippen LogP contribution in [-0.4, -0.2) is 45.6 Å². The number of carbonyl (C=O) groups excluding carboxylic acids is 4. The van der Waals surface area contributed by atoms with Crippen LogP contribution in [0.1, 0.15) is 63.5 Å². The van der Waals surface area contributed by atoms with Crippen LogP contribution in [0.2, 0.25) is 0 Å². The van der Waals surface area contributed by atoms with Gasteiger partial charge in [-0.2, -0.15) is 0 Å². The van der Waals surface area contributed by atoms with Crippen LogP contribution in [0, 0.1) is 29.1 Å². The van der Waals surface area contributed by atoms with Gasteiger partial charge in [-0.05, 0) is 66.9 Å². The molecular weight excluding hydrogens is 492 g/mol. The number of piperidine rings is 1. The number of thiazole rings is 1. The van der Waals surface area contributed by atoms with Crippen molar-refractivity contribution < 1.29 is 23.9 Å². The number of fused-ring (bicyclic) bond motifs is 1. The first-order valence-corrected chi connectivity index (χ1v) is 14.0. The highest BCUT2D eigenvalue weighted by molar-refractivity contribution is 7.09. The molecule has 4 saturated carbocycles. The van der Waals surface area contributed by atoms with E-state index in [2.05, 4.69) is 10.6 Å². The van der Waals surface area contributed by atoms with E-state index in [0.717, 1.165) is 51.2 Å². The summed E-state index contributed by atoms with van der Waals surface area (Å²) in [6.07, 6.45) is 4.49. The summed E-state index contributed by atoms with van der Waals surface area (Å²) in [7, 11) is 0. The summed E-state index contributed by atoms with van der Waals surface area (Å²) in [4.78, 5) is 55.7. The first-order chi connectivity index (χ1) is 18.0. The van der Waals surface area contributed by atoms with E-state index in [-0.39, 0.29) is 30.6 Å². The van der Waals surface area contributed by atoms with Crippen molar-refractivity contribution in [2.75, 3.05) is 0 Å². The summed E-state index contributed by atoms with van der Waals surface area (Å²) in [5.41, 5.74) is 2.11. The van der Waals surface area contributed by atoms with E-state index in [0.29, 0.717) is 11.8 Å². The molecule has 1 aromatic carbocycles. The van der Waals surface area contributed by atoms with Gasteiger partial charge in [0, 0.05) is 24.4 Å². The van der Waals surface area contributed by atoms with Crippen LogP contribution in [-0.2, 0) is 22.7 Å². The molecular formula is C27H26N4O5S. The van der Waals surface area contributed by atoms with E-state index in [1.807, 2.05) is 5.38 Å². The number of nitrogens with zero attached hydrogens (tertiary/aromatic N) is 2. The van der Waals surface area contributed by atoms with Crippen LogP contribution in [0.5, 0.6) is 5.75 Å². The van der Waals surface area contributed by atoms with Crippen LogP contribution >= 0.6 is 11.3 Å². The van der Waals surface area contributed by atoms with E-state index in [4.69, 9.17) is 9.72 Å². The Hall–Kier alpha value is -3.11. The lowest BCUT2D eigenvalue weighted by molar-refractivity contribution is -0.392. The standard InChI is InChI=1S/C27H26N4O5S/c32-20-5-4-18(24(33)30-20)31-25(34)15-2-1-3-19(22(15)26(31)35)36-10-21-29-14(11-37-21)9-28-23-16-7-12-6-13-8-17(23)27(12,13)16/h1-3,11-13,16-18,23,28H,4-10H2,(H,30,32,33). The molecule has 0 radical (unpaired) electrons. The topological polar surface area (TPSA) is 118 Å². The van der Waals surface area contributed by atoms with Gasteiger partial charge in [-0.25, -0.2) is 4.98 Å². The summed E-state index contributed by atoms with van der Waals surface area (Å²) in [5, 5.41) is 8.83. The predicted octanol–water partition coefficient (Wildman–Crippen LogP) is 2.26. The molecule has 8 rings (SSSR count). The highest BCUT2D eigenvalue weighted by atomic mass is 32.1. The Bertz CT molecular complexity index is 1380. The normalized spacial score (nSPS) is 36.4. The quantitative estimate of drug-likeness (QED) is 0.540. The van der Waals surface area contributed by atoms with Crippen LogP contribution < -0.4 is 15.4 Å². The number of amides is 4. The molecule has 9 nitrogen and oxygen atoms in total. The molecule has 2 N–H and O–H groups in total. The Morgan fingerprint density at radius 1 is 1.11 bits per heavy atom. The van der Waals surface area contributed by atoms with Crippen molar-refractivity contribution in [3.05, 3.63) is 45.4 Å². The Balaban J connectivity index is 0.922. The average Bonchev–Trinajstić information content (AvgIpc) is 3.39. The Morgan fingerprint density at radius 2 is 1.92 bits per heavy atom. The molecule has 1 saturated heterocycles. The number of nitrogens with one attached hydrogen (secondary N) is 2. The minimum absolute atomic E-state index is 0.0817. The third-order valence-corrected chi connectivity index (χ3v) is 11.0. The Kier molecular flexibility index (Phi) is 4.43. The molecule has 10 heteroatoms. The minimum atomic E-state index is -1.00. The minimum Gasteiger partial charge on any atom is -0.486 e. The molecule has 37 heavy (non-hydrogen) atoms. The Morgan fingerprint density at radius 3 is 2.68 bits per heavy atom. The van der Waals surface area contributed by atoms with Crippen LogP contribution in [0.25, 0.3) is 0 Å². The second kappa shape index (κ2) is 7.48. The van der Waals surface area contributed by atoms with Gasteiger partial charge in [-0.1, -0.05) is 6.07 Å². The molecule has 4 amide bonds. The number of benzene rings is 1. The summed E-state index contributed by atoms with van der Waals surface area (Å²) < 4.78 is 5.97. The number of ether oxygens (including phenoxy) is 1. The number of hydrogen-bond acceptors (Lipinski definition) is 8. The van der Waals surface area contributed by atoms with Gasteiger partial charge in [-0.15, -0.1) is 11.3 Å². The van der Waals surface area contributed by atoms with Crippen molar-refractivity contribution in [1.29, 1.82) is 0 Å². The number of hydrogen-bond donors (Lipinski definition) is 2. The van der Waals surface area contributed by atoms with E-state index in [1.54, 1.807) is 18.2 Å². The molecule has 2 aromatic rings. The second-order valence-corrected chi connectivity index (χ2v) is 12.3. The molecule has 5 unspecified atom stereocenters. The first kappa shape index (κ1) is 21.9. The van der Waals surface area contributed by atoms with Crippen molar-refractivity contribution in [2.45, 2.75) is 57.3 Å². The van der Waals surface area contributed by atoms with E-state index < -0.39 is 29.7 Å². The van der Waals surface area contributed by atoms with Gasteiger partial charge in [0.05, 0.1) is 16.8 Å². The molecule has 3 heterocycles. The predicted molar refractivity (Wildman–Crippen MR) is 130 cm³/mol. The van der Waals surface area contributed by atoms with E-state index in [9.17, 15) is 19.2 Å². The number of imide groups is 2. The first-order valence-electron chi connectivity index (χ1n) is 13.1. The zero-order valence-electron chi connectivity index (χ0n) is 20.1. The fourth-order valence-corrected chi connectivity index (χ4v) is 9.24. The molecule has 5 atom stereocenters. The summed E-state index contributed by atoms with van der Waals surface area (Å²) in [6, 6.07) is 4.52. The SMILES string of the molecule is O=C1CCC(N2C(=O)c3cccc(OCc4nc(CNC5C6CC7CC8CC5C786)cs4)c3C2=O)C(=O)N1. The second-order valence-electron chi connectivity index (χ2n) is 11.4. The molecule has 1 aromatic heterocycles. The molecule has 1 spiro atoms. The van der Waals surface area contributed by atoms with Crippen molar-refractivity contribution >= 4 is 35.0 Å². The summed E-state index contributed by atoms with van der Waals surface area (Å²) in [6.45, 7) is 0.941. The highest BCUT2D eigenvalue weighted by Crippen LogP contribution is 2.87. The van der Waals surface area contributed by atoms with Crippen LogP contribution in [0.3, 0.4) is 0 Å². The largest absolute Gasteiger partial charge is 0.486 e. The van der Waals surface area contributed by atoms with E-state index >= 15 is 0 Å². The zero-order valence-corrected chi connectivity index (χ0v) is 20.9. The molecule has 190 valence electrons. The van der Waals surface area contributed by atoms with Gasteiger partial charge in [0.1, 0.15) is 23.4 Å². The lowest BCUT2D eigenvalue weighted by Crippen LogP contribution is -2.87. The fourth-order valence-electron chi connectivity index (χ4n) is 8.54. The third-order valence-electron chi connectivity index (χ3n) is 10.1. The molecule has 4 aliphatic carbocycles. The fraction of sp³-hybridized carbons (Fsp3) is 0.519. The summed E-state index contributed by atoms with van der Waals surface area (Å²) >= 11 is 1.52. The van der Waals surface area contributed by atoms with Gasteiger partial charge < -0.3 is 10.1 Å². The maximum atomic E-state index is 13.2. The molecule has 0 bridgehead atoms. The van der Waals surface area contributed by atoms with Gasteiger partial charge in [0.25, 0.3) is 11.8 Å². The van der Waals surface area contributed by atoms with Gasteiger partial charge in [-0.3, -0.25) is 29.4 Å². The number of carbonyl (C=O) groups is 4. The number of rotatable bonds is 7. The van der Waals surface area contributed by atoms with Gasteiger partial charge >= 0.3 is 0 Å². The molecule has 6 aliphatic rings. The van der Waals surface area contributed by atoms with Crippen molar-refractivity contribution in [3.8, 4) is 5.75 Å². The molecule has 2 aliphatic heterocycles. The van der Waals surface area contributed by atoms with Gasteiger partial charge in [0.15, 0.2) is 0 Å². The monoisotopic (exact) mass is 518 g/mol. The molecule has 5 fully saturated rings. The number of aromatic nitrogens is 1. The average molecular weight is 519 g/mol. The van der Waals surface area contributed by atoms with Crippen molar-refractivity contribution in [2.24, 2.45) is 29.1 Å². The zero-order chi connectivity index (χ0) is 25.1. The Labute approximate surface area is 217 Å². The van der Waals surface area contributed by atoms with Crippen LogP contribution in [0.4, 0.5) is 0 Å². The third kappa shape index (κ3) is 2.75. The summed E-state index contributed by atoms with van der Waals surface area (Å²) in [5.74, 6) is 1.97. The lowest BCUT2D eigenvalue weighted by atomic mass is 9.17. The smallest absolute Gasteiger partial charge is 0.266 e. The maximum Gasteiger partial charge on any atom is 0.266 e. The maximum absolute atomic E-state index is 13.2. The lowest BCUT2D eigenvalue weighted by Gasteiger charge is -2.88. The van der Waals surface area contributed by atoms with Gasteiger partial charge in [0.2, 0.25) is 11.8 Å². The van der Waals surface area contributed by atoms with Crippen LogP contribution in [0.15, 0.2) is 23.6 Å². The van der Waals surface area contributed by atoms with Crippen molar-refractivity contribution in [1.82, 2.24) is 20.5 Å². The van der Waals surface area contributed by atoms with Crippen molar-refractivity contribution in [3.63, 3.8) is 0 Å². The van der Waals surface area contributed by atoms with E-state index in [1.165, 1.54) is 30.6 Å². The highest BCUT2D eigenvalue weighted by Gasteiger charge is 2.84.